The molecule has 0 saturated carbocycles. The maximum absolute atomic E-state index is 10.8. The van der Waals surface area contributed by atoms with Crippen LogP contribution in [0.1, 0.15) is 67.8 Å². The third kappa shape index (κ3) is 5.54. The molecule has 7 nitrogen and oxygen atoms in total. The van der Waals surface area contributed by atoms with Crippen LogP contribution in [-0.4, -0.2) is 45.8 Å². The molecule has 0 spiro atoms. The molecule has 0 aliphatic carbocycles. The lowest BCUT2D eigenvalue weighted by molar-refractivity contribution is 0.102. The molecular formula is C38H42O7. The highest BCUT2D eigenvalue weighted by Crippen LogP contribution is 2.50. The third-order valence-corrected chi connectivity index (χ3v) is 9.47. The molecule has 4 aromatic rings. The van der Waals surface area contributed by atoms with E-state index in [-0.39, 0.29) is 35.9 Å². The number of ether oxygens (including phenoxy) is 3. The fourth-order valence-electron chi connectivity index (χ4n) is 6.76. The zero-order chi connectivity index (χ0) is 32.5. The maximum atomic E-state index is 10.8. The van der Waals surface area contributed by atoms with Crippen LogP contribution in [0.2, 0.25) is 0 Å². The molecule has 4 unspecified atom stereocenters. The molecule has 4 aromatic carbocycles. The number of phenolic OH excluding ortho intramolecular Hbond substituents is 4. The Morgan fingerprint density at radius 2 is 0.800 bits per heavy atom. The van der Waals surface area contributed by atoms with Crippen molar-refractivity contribution < 1.29 is 34.6 Å². The SMILES string of the molecule is Cc1cc(-c2cc(C)c(O)c(C)c2C2OC2COCC2OC2c2c(-c3cc(C)c(O)c(C)c3)cc(C)c(O)c2C)cc(C)c1O. The molecule has 0 bridgehead atoms. The minimum absolute atomic E-state index is 0.162. The highest BCUT2D eigenvalue weighted by Gasteiger charge is 2.46. The number of aromatic hydroxyl groups is 4. The first kappa shape index (κ1) is 31.0. The fraction of sp³-hybridized carbons (Fsp3) is 0.368. The predicted octanol–water partition coefficient (Wildman–Crippen LogP) is 7.91. The lowest BCUT2D eigenvalue weighted by atomic mass is 9.88. The molecule has 6 rings (SSSR count). The van der Waals surface area contributed by atoms with E-state index in [1.807, 2.05) is 91.8 Å². The average molecular weight is 611 g/mol. The van der Waals surface area contributed by atoms with Gasteiger partial charge in [-0.05, 0) is 170 Å². The molecule has 0 aromatic heterocycles. The van der Waals surface area contributed by atoms with Gasteiger partial charge in [-0.2, -0.15) is 0 Å². The lowest BCUT2D eigenvalue weighted by Gasteiger charge is -2.17. The first-order valence-electron chi connectivity index (χ1n) is 15.4. The first-order chi connectivity index (χ1) is 21.3. The molecule has 45 heavy (non-hydrogen) atoms. The molecule has 2 heterocycles. The molecule has 2 aliphatic rings. The summed E-state index contributed by atoms with van der Waals surface area (Å²) in [5, 5.41) is 42.3. The second-order valence-corrected chi connectivity index (χ2v) is 12.9. The smallest absolute Gasteiger partial charge is 0.121 e. The number of epoxide rings is 2. The molecule has 2 aliphatic heterocycles. The highest BCUT2D eigenvalue weighted by atomic mass is 16.6. The van der Waals surface area contributed by atoms with Crippen molar-refractivity contribution in [3.63, 3.8) is 0 Å². The second-order valence-electron chi connectivity index (χ2n) is 12.9. The van der Waals surface area contributed by atoms with Gasteiger partial charge in [0.2, 0.25) is 0 Å². The molecule has 4 N–H and O–H groups in total. The van der Waals surface area contributed by atoms with Gasteiger partial charge in [-0.15, -0.1) is 0 Å². The van der Waals surface area contributed by atoms with E-state index in [0.717, 1.165) is 77.9 Å². The Hall–Kier alpha value is -4.04. The van der Waals surface area contributed by atoms with Crippen LogP contribution in [0.25, 0.3) is 22.3 Å². The van der Waals surface area contributed by atoms with Gasteiger partial charge in [0.25, 0.3) is 0 Å². The Morgan fingerprint density at radius 1 is 0.489 bits per heavy atom. The van der Waals surface area contributed by atoms with Crippen LogP contribution in [0.15, 0.2) is 36.4 Å². The summed E-state index contributed by atoms with van der Waals surface area (Å²) in [5.41, 5.74) is 12.1. The van der Waals surface area contributed by atoms with Crippen LogP contribution in [0.5, 0.6) is 23.0 Å². The summed E-state index contributed by atoms with van der Waals surface area (Å²) in [4.78, 5) is 0. The van der Waals surface area contributed by atoms with Crippen molar-refractivity contribution >= 4 is 0 Å². The zero-order valence-electron chi connectivity index (χ0n) is 27.2. The highest BCUT2D eigenvalue weighted by molar-refractivity contribution is 5.76. The predicted molar refractivity (Wildman–Crippen MR) is 174 cm³/mol. The summed E-state index contributed by atoms with van der Waals surface area (Å²) >= 11 is 0. The van der Waals surface area contributed by atoms with Gasteiger partial charge < -0.3 is 34.6 Å². The third-order valence-electron chi connectivity index (χ3n) is 9.47. The number of hydrogen-bond acceptors (Lipinski definition) is 7. The van der Waals surface area contributed by atoms with Gasteiger partial charge in [0.1, 0.15) is 47.4 Å². The molecule has 2 fully saturated rings. The van der Waals surface area contributed by atoms with Crippen molar-refractivity contribution in [3.8, 4) is 45.3 Å². The topological polar surface area (TPSA) is 115 Å². The van der Waals surface area contributed by atoms with Crippen molar-refractivity contribution in [3.05, 3.63) is 92.0 Å². The normalized spacial score (nSPS) is 20.4. The van der Waals surface area contributed by atoms with Crippen molar-refractivity contribution in [2.75, 3.05) is 13.2 Å². The van der Waals surface area contributed by atoms with Gasteiger partial charge in [0.15, 0.2) is 0 Å². The van der Waals surface area contributed by atoms with E-state index in [1.54, 1.807) is 0 Å². The number of aryl methyl sites for hydroxylation is 6. The molecule has 236 valence electrons. The van der Waals surface area contributed by atoms with E-state index in [4.69, 9.17) is 14.2 Å². The van der Waals surface area contributed by atoms with Crippen molar-refractivity contribution in [1.82, 2.24) is 0 Å². The first-order valence-corrected chi connectivity index (χ1v) is 15.4. The largest absolute Gasteiger partial charge is 0.507 e. The summed E-state index contributed by atoms with van der Waals surface area (Å²) in [7, 11) is 0. The van der Waals surface area contributed by atoms with Crippen LogP contribution >= 0.6 is 0 Å². The summed E-state index contributed by atoms with van der Waals surface area (Å²) in [6, 6.07) is 11.8. The number of hydrogen-bond donors (Lipinski definition) is 4. The average Bonchev–Trinajstić information content (AvgIpc) is 3.92. The Labute approximate surface area is 264 Å². The van der Waals surface area contributed by atoms with Gasteiger partial charge in [-0.3, -0.25) is 0 Å². The Kier molecular flexibility index (Phi) is 7.84. The standard InChI is InChI=1S/C38H42O7/c1-17-9-25(10-18(2)33(17)39)27-13-21(5)35(41)23(7)31(27)37-29(44-37)15-43-16-30-38(45-30)32-24(8)36(42)22(6)14-28(32)26-11-19(3)34(40)20(4)12-26/h9-14,29-30,37-42H,15-16H2,1-8H3. The van der Waals surface area contributed by atoms with E-state index in [0.29, 0.717) is 24.7 Å². The Balaban J connectivity index is 1.18. The lowest BCUT2D eigenvalue weighted by Crippen LogP contribution is -2.09. The quantitative estimate of drug-likeness (QED) is 0.150. The maximum Gasteiger partial charge on any atom is 0.121 e. The molecule has 2 saturated heterocycles. The van der Waals surface area contributed by atoms with E-state index in [9.17, 15) is 20.4 Å². The van der Waals surface area contributed by atoms with Crippen LogP contribution in [0.4, 0.5) is 0 Å². The van der Waals surface area contributed by atoms with E-state index in [2.05, 4.69) is 0 Å². The summed E-state index contributed by atoms with van der Waals surface area (Å²) < 4.78 is 18.4. The molecule has 0 amide bonds. The van der Waals surface area contributed by atoms with Gasteiger partial charge in [0.05, 0.1) is 13.2 Å². The van der Waals surface area contributed by atoms with Crippen molar-refractivity contribution in [1.29, 1.82) is 0 Å². The summed E-state index contributed by atoms with van der Waals surface area (Å²) in [5.74, 6) is 1.10. The molecular weight excluding hydrogens is 568 g/mol. The molecule has 4 atom stereocenters. The monoisotopic (exact) mass is 610 g/mol. The second kappa shape index (κ2) is 11.4. The minimum atomic E-state index is -0.222. The summed E-state index contributed by atoms with van der Waals surface area (Å²) in [6.45, 7) is 15.9. The number of benzene rings is 4. The van der Waals surface area contributed by atoms with Crippen LogP contribution in [0, 0.1) is 55.4 Å². The van der Waals surface area contributed by atoms with Crippen LogP contribution in [-0.2, 0) is 14.2 Å². The van der Waals surface area contributed by atoms with E-state index >= 15 is 0 Å². The van der Waals surface area contributed by atoms with Crippen LogP contribution < -0.4 is 0 Å². The Morgan fingerprint density at radius 3 is 1.13 bits per heavy atom. The van der Waals surface area contributed by atoms with Crippen molar-refractivity contribution in [2.45, 2.75) is 79.8 Å². The van der Waals surface area contributed by atoms with Crippen molar-refractivity contribution in [2.24, 2.45) is 0 Å². The molecule has 0 radical (unpaired) electrons. The van der Waals surface area contributed by atoms with Gasteiger partial charge in [-0.1, -0.05) is 0 Å². The summed E-state index contributed by atoms with van der Waals surface area (Å²) in [6.07, 6.45) is -0.768. The number of rotatable bonds is 8. The fourth-order valence-corrected chi connectivity index (χ4v) is 6.76. The van der Waals surface area contributed by atoms with Gasteiger partial charge in [-0.25, -0.2) is 0 Å². The number of phenols is 4. The van der Waals surface area contributed by atoms with Crippen LogP contribution in [0.3, 0.4) is 0 Å². The van der Waals surface area contributed by atoms with Gasteiger partial charge in [0, 0.05) is 0 Å². The van der Waals surface area contributed by atoms with E-state index < -0.39 is 0 Å². The zero-order valence-corrected chi connectivity index (χ0v) is 27.2. The minimum Gasteiger partial charge on any atom is -0.507 e. The van der Waals surface area contributed by atoms with Gasteiger partial charge >= 0.3 is 0 Å². The molecule has 7 heteroatoms. The Bertz CT molecular complexity index is 1660. The van der Waals surface area contributed by atoms with E-state index in [1.165, 1.54) is 0 Å².